The van der Waals surface area contributed by atoms with Crippen LogP contribution in [-0.4, -0.2) is 38.2 Å². The number of para-hydroxylation sites is 3. The predicted molar refractivity (Wildman–Crippen MR) is 414 cm³/mol. The molecule has 0 saturated carbocycles. The number of hydrogen-bond donors (Lipinski definition) is 0. The minimum absolute atomic E-state index is 0.693. The third kappa shape index (κ3) is 9.84. The molecule has 0 aliphatic rings. The van der Waals surface area contributed by atoms with Crippen LogP contribution in [0.3, 0.4) is 0 Å². The number of aromatic nitrogens is 8. The number of nitrogens with zero attached hydrogens (tertiary/aromatic N) is 8. The Kier molecular flexibility index (Phi) is 14.0. The molecule has 0 aliphatic heterocycles. The normalized spacial score (nSPS) is 11.6. The van der Waals surface area contributed by atoms with Crippen molar-refractivity contribution in [2.45, 2.75) is 0 Å². The van der Waals surface area contributed by atoms with E-state index in [4.69, 9.17) is 19.9 Å². The van der Waals surface area contributed by atoms with Crippen LogP contribution in [0, 0.1) is 0 Å². The maximum absolute atomic E-state index is 5.22. The molecule has 7 heterocycles. The fourth-order valence-corrected chi connectivity index (χ4v) is 15.1. The van der Waals surface area contributed by atoms with E-state index in [0.717, 1.165) is 89.4 Å². The van der Waals surface area contributed by atoms with Gasteiger partial charge in [0.25, 0.3) is 0 Å². The number of pyridine rings is 2. The minimum atomic E-state index is 0.693. The third-order valence-electron chi connectivity index (χ3n) is 19.6. The molecule has 100 heavy (non-hydrogen) atoms. The van der Waals surface area contributed by atoms with Crippen molar-refractivity contribution in [3.05, 3.63) is 364 Å². The molecule has 0 radical (unpaired) electrons. The molecule has 0 fully saturated rings. The lowest BCUT2D eigenvalue weighted by atomic mass is 9.98. The van der Waals surface area contributed by atoms with Crippen molar-refractivity contribution in [3.63, 3.8) is 0 Å². The van der Waals surface area contributed by atoms with Crippen molar-refractivity contribution in [1.82, 2.24) is 38.2 Å². The zero-order chi connectivity index (χ0) is 66.0. The van der Waals surface area contributed by atoms with Crippen molar-refractivity contribution in [3.8, 4) is 90.0 Å². The van der Waals surface area contributed by atoms with Crippen molar-refractivity contribution >= 4 is 87.5 Å². The van der Waals surface area contributed by atoms with Gasteiger partial charge in [0.05, 0.1) is 38.8 Å². The maximum atomic E-state index is 5.22. The maximum Gasteiger partial charge on any atom is 0.162 e. The summed E-state index contributed by atoms with van der Waals surface area (Å²) in [7, 11) is 0. The quantitative estimate of drug-likeness (QED) is 0.137. The molecule has 0 amide bonds. The molecule has 8 nitrogen and oxygen atoms in total. The van der Waals surface area contributed by atoms with E-state index >= 15 is 0 Å². The summed E-state index contributed by atoms with van der Waals surface area (Å²) >= 11 is 0. The molecule has 0 N–H and O–H groups in total. The van der Waals surface area contributed by atoms with Crippen LogP contribution < -0.4 is 0 Å². The number of fused-ring (bicyclic) bond motifs is 12. The average Bonchev–Trinajstić information content (AvgIpc) is 1.58. The van der Waals surface area contributed by atoms with Gasteiger partial charge in [-0.25, -0.2) is 19.9 Å². The summed E-state index contributed by atoms with van der Waals surface area (Å²) in [6, 6.07) is 125. The van der Waals surface area contributed by atoms with Gasteiger partial charge in [-0.15, -0.1) is 0 Å². The summed E-state index contributed by atoms with van der Waals surface area (Å²) in [5.41, 5.74) is 24.6. The van der Waals surface area contributed by atoms with E-state index in [1.807, 2.05) is 54.9 Å². The molecule has 0 aliphatic carbocycles. The topological polar surface area (TPSA) is 71.3 Å². The molecule has 8 heteroatoms. The molecule has 0 spiro atoms. The molecule has 7 aromatic heterocycles. The first kappa shape index (κ1) is 57.9. The van der Waals surface area contributed by atoms with Crippen LogP contribution in [0.4, 0.5) is 0 Å². The van der Waals surface area contributed by atoms with Gasteiger partial charge in [-0.1, -0.05) is 237 Å². The molecule has 0 bridgehead atoms. The molecule has 0 saturated heterocycles. The molecule has 20 aromatic rings. The van der Waals surface area contributed by atoms with Gasteiger partial charge >= 0.3 is 0 Å². The molecule has 0 atom stereocenters. The van der Waals surface area contributed by atoms with Crippen LogP contribution in [-0.2, 0) is 0 Å². The Morgan fingerprint density at radius 1 is 0.210 bits per heavy atom. The lowest BCUT2D eigenvalue weighted by Gasteiger charge is -2.12. The highest BCUT2D eigenvalue weighted by atomic mass is 15.1. The van der Waals surface area contributed by atoms with E-state index in [-0.39, 0.29) is 0 Å². The van der Waals surface area contributed by atoms with Gasteiger partial charge in [-0.2, -0.15) is 0 Å². The smallest absolute Gasteiger partial charge is 0.162 e. The van der Waals surface area contributed by atoms with E-state index in [1.54, 1.807) is 0 Å². The number of benzene rings is 13. The Hall–Kier alpha value is -13.6. The van der Waals surface area contributed by atoms with Crippen LogP contribution in [0.25, 0.3) is 178 Å². The van der Waals surface area contributed by atoms with Crippen LogP contribution in [0.2, 0.25) is 0 Å². The Morgan fingerprint density at radius 2 is 0.610 bits per heavy atom. The van der Waals surface area contributed by atoms with E-state index in [1.165, 1.54) is 82.3 Å². The van der Waals surface area contributed by atoms with Crippen LogP contribution in [0.1, 0.15) is 0 Å². The Balaban J connectivity index is 0.000000139. The van der Waals surface area contributed by atoms with E-state index in [0.29, 0.717) is 5.82 Å². The second-order valence-corrected chi connectivity index (χ2v) is 25.3. The zero-order valence-electron chi connectivity index (χ0n) is 54.2. The van der Waals surface area contributed by atoms with Gasteiger partial charge in [0.2, 0.25) is 0 Å². The molecular formula is C92H60N8. The SMILES string of the molecule is c1ccc(-c2cc(-n3c4ccccc4c4c(-c5ccc6c(c5)c5cccnc5n6-c5ccccc5)cccc43)nc(-c3ccccc3)n2)cc1.c1ccc(-c2ccc(-n3c4ccc(-c5cccc6c5c5ccccc5n6-c5cccc(-c6ccccc6)c5)cc4c4cccnc43)cc2)cc1. The Bertz CT molecular complexity index is 6430. The van der Waals surface area contributed by atoms with E-state index in [2.05, 4.69) is 328 Å². The van der Waals surface area contributed by atoms with Crippen molar-refractivity contribution in [2.75, 3.05) is 0 Å². The van der Waals surface area contributed by atoms with Gasteiger partial charge in [0.15, 0.2) is 5.82 Å². The van der Waals surface area contributed by atoms with Gasteiger partial charge in [-0.3, -0.25) is 13.7 Å². The van der Waals surface area contributed by atoms with E-state index in [9.17, 15) is 0 Å². The van der Waals surface area contributed by atoms with Crippen molar-refractivity contribution in [1.29, 1.82) is 0 Å². The lowest BCUT2D eigenvalue weighted by molar-refractivity contribution is 1.05. The van der Waals surface area contributed by atoms with Gasteiger partial charge in [-0.05, 0) is 154 Å². The summed E-state index contributed by atoms with van der Waals surface area (Å²) < 4.78 is 9.24. The van der Waals surface area contributed by atoms with Gasteiger partial charge < -0.3 is 4.57 Å². The average molecular weight is 1280 g/mol. The Morgan fingerprint density at radius 3 is 1.18 bits per heavy atom. The molecule has 468 valence electrons. The summed E-state index contributed by atoms with van der Waals surface area (Å²) in [6.07, 6.45) is 3.76. The van der Waals surface area contributed by atoms with Gasteiger partial charge in [0, 0.05) is 89.7 Å². The fraction of sp³-hybridized carbons (Fsp3) is 0. The lowest BCUT2D eigenvalue weighted by Crippen LogP contribution is -2.02. The van der Waals surface area contributed by atoms with Crippen LogP contribution in [0.15, 0.2) is 364 Å². The number of rotatable bonds is 10. The molecule has 13 aromatic carbocycles. The minimum Gasteiger partial charge on any atom is -0.309 e. The fourth-order valence-electron chi connectivity index (χ4n) is 15.1. The predicted octanol–water partition coefficient (Wildman–Crippen LogP) is 23.3. The molecule has 20 rings (SSSR count). The monoisotopic (exact) mass is 1280 g/mol. The van der Waals surface area contributed by atoms with Crippen LogP contribution in [0.5, 0.6) is 0 Å². The highest BCUT2D eigenvalue weighted by Crippen LogP contribution is 2.44. The zero-order valence-corrected chi connectivity index (χ0v) is 54.2. The standard InChI is InChI=1S/C47H31N3.C45H29N5/c1-3-12-32(13-4-1)34-23-26-37(27-24-34)50-44-28-25-36(31-42(44)40-20-11-29-48-47(40)50)39-19-10-22-45-46(39)41-18-7-8-21-43(41)49(45)38-17-9-16-35(30-38)33-14-5-2-6-15-33;1-4-14-30(15-5-1)38-29-42(48-44(47-38)31-16-6-2-7-17-31)50-39-23-11-10-20-36(39)43-34(21-12-24-41(43)50)32-25-26-40-37(28-32)35-22-13-27-46-45(35)49(40)33-18-8-3-9-19-33/h1-31H;1-29H. The molecular weight excluding hydrogens is 1220 g/mol. The van der Waals surface area contributed by atoms with Crippen molar-refractivity contribution in [2.24, 2.45) is 0 Å². The highest BCUT2D eigenvalue weighted by Gasteiger charge is 2.23. The second kappa shape index (κ2) is 24.3. The summed E-state index contributed by atoms with van der Waals surface area (Å²) in [5, 5.41) is 9.49. The highest BCUT2D eigenvalue weighted by molar-refractivity contribution is 6.19. The Labute approximate surface area is 576 Å². The van der Waals surface area contributed by atoms with Gasteiger partial charge in [0.1, 0.15) is 17.1 Å². The molecule has 0 unspecified atom stereocenters. The van der Waals surface area contributed by atoms with Crippen molar-refractivity contribution < 1.29 is 0 Å². The summed E-state index contributed by atoms with van der Waals surface area (Å²) in [4.78, 5) is 20.0. The first-order valence-electron chi connectivity index (χ1n) is 33.8. The van der Waals surface area contributed by atoms with E-state index < -0.39 is 0 Å². The second-order valence-electron chi connectivity index (χ2n) is 25.3. The largest absolute Gasteiger partial charge is 0.309 e. The third-order valence-corrected chi connectivity index (χ3v) is 19.6. The first-order chi connectivity index (χ1) is 49.6. The number of hydrogen-bond acceptors (Lipinski definition) is 4. The summed E-state index contributed by atoms with van der Waals surface area (Å²) in [5.74, 6) is 1.52. The summed E-state index contributed by atoms with van der Waals surface area (Å²) in [6.45, 7) is 0. The first-order valence-corrected chi connectivity index (χ1v) is 33.8. The van der Waals surface area contributed by atoms with Crippen LogP contribution >= 0.6 is 0 Å².